The van der Waals surface area contributed by atoms with Crippen LogP contribution in [0.3, 0.4) is 0 Å². The number of hydrogen-bond donors (Lipinski definition) is 1. The summed E-state index contributed by atoms with van der Waals surface area (Å²) in [5.41, 5.74) is 1.58. The van der Waals surface area contributed by atoms with Crippen LogP contribution in [0, 0.1) is 0 Å². The number of likely N-dealkylation sites (tertiary alicyclic amines) is 1. The first-order chi connectivity index (χ1) is 9.68. The molecule has 0 unspecified atom stereocenters. The van der Waals surface area contributed by atoms with Crippen LogP contribution in [0.25, 0.3) is 0 Å². The molecule has 1 fully saturated rings. The third kappa shape index (κ3) is 2.20. The SMILES string of the molecule is CN1C[C@@H]2c3ccccc3Sc3ccccc3[C@]2(O)C1.Cl. The second-order valence-electron chi connectivity index (χ2n) is 5.81. The monoisotopic (exact) mass is 319 g/mol. The van der Waals surface area contributed by atoms with Gasteiger partial charge in [-0.15, -0.1) is 12.4 Å². The fourth-order valence-corrected chi connectivity index (χ4v) is 4.78. The zero-order chi connectivity index (χ0) is 13.7. The van der Waals surface area contributed by atoms with Gasteiger partial charge < -0.3 is 10.0 Å². The van der Waals surface area contributed by atoms with Gasteiger partial charge in [-0.05, 0) is 30.3 Å². The first-order valence-corrected chi connectivity index (χ1v) is 7.77. The number of β-amino-alcohol motifs (C(OH)–C–C–N with tert-alkyl or cyclic N) is 1. The summed E-state index contributed by atoms with van der Waals surface area (Å²) in [6.07, 6.45) is 0. The van der Waals surface area contributed by atoms with Gasteiger partial charge >= 0.3 is 0 Å². The fraction of sp³-hybridized carbons (Fsp3) is 0.294. The average molecular weight is 320 g/mol. The molecule has 110 valence electrons. The standard InChI is InChI=1S/C17H17NOS.ClH/c1-18-10-14-12-6-2-4-8-15(12)20-16-9-5-3-7-13(16)17(14,19)11-18;/h2-9,14,19H,10-11H2,1H3;1H/t14-,17-;/m1./s1. The van der Waals surface area contributed by atoms with Gasteiger partial charge in [-0.25, -0.2) is 0 Å². The van der Waals surface area contributed by atoms with Crippen LogP contribution in [0.5, 0.6) is 0 Å². The molecule has 2 heterocycles. The Labute approximate surface area is 135 Å². The molecule has 0 spiro atoms. The van der Waals surface area contributed by atoms with E-state index in [4.69, 9.17) is 0 Å². The van der Waals surface area contributed by atoms with Crippen molar-refractivity contribution in [3.63, 3.8) is 0 Å². The van der Waals surface area contributed by atoms with Gasteiger partial charge in [0, 0.05) is 28.8 Å². The molecule has 1 N–H and O–H groups in total. The highest BCUT2D eigenvalue weighted by atomic mass is 35.5. The topological polar surface area (TPSA) is 23.5 Å². The molecule has 0 aromatic heterocycles. The number of rotatable bonds is 0. The van der Waals surface area contributed by atoms with Gasteiger partial charge in [0.1, 0.15) is 5.60 Å². The Balaban J connectivity index is 0.00000132. The molecule has 4 rings (SSSR count). The van der Waals surface area contributed by atoms with E-state index in [1.807, 2.05) is 6.07 Å². The zero-order valence-electron chi connectivity index (χ0n) is 11.8. The predicted octanol–water partition coefficient (Wildman–Crippen LogP) is 3.49. The van der Waals surface area contributed by atoms with Crippen molar-refractivity contribution in [1.29, 1.82) is 0 Å². The minimum absolute atomic E-state index is 0. The molecular formula is C17H18ClNOS. The molecule has 0 aliphatic carbocycles. The predicted molar refractivity (Wildman–Crippen MR) is 88.4 cm³/mol. The van der Waals surface area contributed by atoms with Crippen LogP contribution in [0.1, 0.15) is 17.0 Å². The lowest BCUT2D eigenvalue weighted by molar-refractivity contribution is 0.0306. The van der Waals surface area contributed by atoms with Gasteiger partial charge in [0.05, 0.1) is 0 Å². The lowest BCUT2D eigenvalue weighted by Crippen LogP contribution is -2.33. The van der Waals surface area contributed by atoms with E-state index in [0.717, 1.165) is 12.1 Å². The number of nitrogens with zero attached hydrogens (tertiary/aromatic N) is 1. The first kappa shape index (κ1) is 14.9. The van der Waals surface area contributed by atoms with E-state index in [1.54, 1.807) is 11.8 Å². The van der Waals surface area contributed by atoms with Gasteiger partial charge in [0.25, 0.3) is 0 Å². The Bertz CT molecular complexity index is 677. The van der Waals surface area contributed by atoms with Crippen LogP contribution < -0.4 is 0 Å². The molecule has 4 heteroatoms. The van der Waals surface area contributed by atoms with Crippen LogP contribution in [-0.4, -0.2) is 30.1 Å². The van der Waals surface area contributed by atoms with Crippen molar-refractivity contribution < 1.29 is 5.11 Å². The maximum atomic E-state index is 11.4. The second kappa shape index (κ2) is 5.33. The Morgan fingerprint density at radius 2 is 1.76 bits per heavy atom. The molecule has 21 heavy (non-hydrogen) atoms. The summed E-state index contributed by atoms with van der Waals surface area (Å²) in [5.74, 6) is 0.153. The van der Waals surface area contributed by atoms with E-state index in [2.05, 4.69) is 54.4 Å². The van der Waals surface area contributed by atoms with Crippen molar-refractivity contribution in [1.82, 2.24) is 4.90 Å². The van der Waals surface area contributed by atoms with Crippen molar-refractivity contribution >= 4 is 24.2 Å². The Morgan fingerprint density at radius 3 is 2.57 bits per heavy atom. The van der Waals surface area contributed by atoms with Gasteiger partial charge in [0.15, 0.2) is 0 Å². The van der Waals surface area contributed by atoms with E-state index >= 15 is 0 Å². The fourth-order valence-electron chi connectivity index (χ4n) is 3.57. The van der Waals surface area contributed by atoms with Crippen LogP contribution in [0.2, 0.25) is 0 Å². The molecule has 2 atom stereocenters. The molecule has 2 aromatic rings. The van der Waals surface area contributed by atoms with E-state index in [-0.39, 0.29) is 18.3 Å². The van der Waals surface area contributed by atoms with E-state index in [1.165, 1.54) is 15.4 Å². The highest BCUT2D eigenvalue weighted by Crippen LogP contribution is 2.52. The van der Waals surface area contributed by atoms with Crippen molar-refractivity contribution in [2.75, 3.05) is 20.1 Å². The molecule has 2 aliphatic heterocycles. The van der Waals surface area contributed by atoms with Gasteiger partial charge in [-0.2, -0.15) is 0 Å². The zero-order valence-corrected chi connectivity index (χ0v) is 13.5. The minimum atomic E-state index is -0.773. The number of halogens is 1. The molecule has 2 aliphatic rings. The molecule has 1 saturated heterocycles. The summed E-state index contributed by atoms with van der Waals surface area (Å²) >= 11 is 1.78. The Morgan fingerprint density at radius 1 is 1.10 bits per heavy atom. The Hall–Kier alpha value is -1.00. The lowest BCUT2D eigenvalue weighted by Gasteiger charge is -2.29. The Kier molecular flexibility index (Phi) is 3.78. The number of likely N-dealkylation sites (N-methyl/N-ethyl adjacent to an activating group) is 1. The maximum absolute atomic E-state index is 11.4. The van der Waals surface area contributed by atoms with Crippen molar-refractivity contribution in [3.05, 3.63) is 59.7 Å². The molecular weight excluding hydrogens is 302 g/mol. The van der Waals surface area contributed by atoms with Crippen molar-refractivity contribution in [3.8, 4) is 0 Å². The van der Waals surface area contributed by atoms with Gasteiger partial charge in [0.2, 0.25) is 0 Å². The molecule has 0 radical (unpaired) electrons. The van der Waals surface area contributed by atoms with Crippen molar-refractivity contribution in [2.24, 2.45) is 0 Å². The first-order valence-electron chi connectivity index (χ1n) is 6.96. The van der Waals surface area contributed by atoms with E-state index in [0.29, 0.717) is 6.54 Å². The number of benzene rings is 2. The average Bonchev–Trinajstić information content (AvgIpc) is 2.71. The summed E-state index contributed by atoms with van der Waals surface area (Å²) in [4.78, 5) is 4.69. The summed E-state index contributed by atoms with van der Waals surface area (Å²) in [7, 11) is 2.09. The van der Waals surface area contributed by atoms with Crippen LogP contribution in [0.15, 0.2) is 58.3 Å². The van der Waals surface area contributed by atoms with Gasteiger partial charge in [-0.3, -0.25) is 0 Å². The van der Waals surface area contributed by atoms with Gasteiger partial charge in [-0.1, -0.05) is 48.2 Å². The van der Waals surface area contributed by atoms with E-state index in [9.17, 15) is 5.11 Å². The van der Waals surface area contributed by atoms with Crippen LogP contribution in [-0.2, 0) is 5.60 Å². The largest absolute Gasteiger partial charge is 0.383 e. The highest BCUT2D eigenvalue weighted by molar-refractivity contribution is 7.99. The van der Waals surface area contributed by atoms with Crippen LogP contribution in [0.4, 0.5) is 0 Å². The van der Waals surface area contributed by atoms with Crippen LogP contribution >= 0.6 is 24.2 Å². The maximum Gasteiger partial charge on any atom is 0.111 e. The normalized spacial score (nSPS) is 27.0. The van der Waals surface area contributed by atoms with E-state index < -0.39 is 5.60 Å². The third-order valence-electron chi connectivity index (χ3n) is 4.45. The lowest BCUT2D eigenvalue weighted by atomic mass is 9.80. The molecule has 0 saturated carbocycles. The summed E-state index contributed by atoms with van der Waals surface area (Å²) < 4.78 is 0. The highest BCUT2D eigenvalue weighted by Gasteiger charge is 2.49. The summed E-state index contributed by atoms with van der Waals surface area (Å²) in [5, 5.41) is 11.4. The second-order valence-corrected chi connectivity index (χ2v) is 6.89. The number of hydrogen-bond acceptors (Lipinski definition) is 3. The number of fused-ring (bicyclic) bond motifs is 5. The smallest absolute Gasteiger partial charge is 0.111 e. The molecule has 0 amide bonds. The summed E-state index contributed by atoms with van der Waals surface area (Å²) in [6, 6.07) is 16.8. The third-order valence-corrected chi connectivity index (χ3v) is 5.62. The minimum Gasteiger partial charge on any atom is -0.383 e. The number of aliphatic hydroxyl groups is 1. The molecule has 0 bridgehead atoms. The van der Waals surface area contributed by atoms with Crippen molar-refractivity contribution in [2.45, 2.75) is 21.3 Å². The molecule has 2 aromatic carbocycles. The molecule has 2 nitrogen and oxygen atoms in total. The quantitative estimate of drug-likeness (QED) is 0.804. The summed E-state index contributed by atoms with van der Waals surface area (Å²) in [6.45, 7) is 1.60.